The molecule has 1 saturated carbocycles. The summed E-state index contributed by atoms with van der Waals surface area (Å²) < 4.78 is 6.05. The average molecular weight is 331 g/mol. The van der Waals surface area contributed by atoms with Gasteiger partial charge in [-0.2, -0.15) is 9.97 Å². The number of nitrogens with zero attached hydrogens (tertiary/aromatic N) is 3. The largest absolute Gasteiger partial charge is 0.463 e. The highest BCUT2D eigenvalue weighted by molar-refractivity contribution is 5.51. The molecule has 24 heavy (non-hydrogen) atoms. The lowest BCUT2D eigenvalue weighted by Crippen LogP contribution is -2.45. The van der Waals surface area contributed by atoms with Gasteiger partial charge >= 0.3 is 6.01 Å². The Hall–Kier alpha value is -1.40. The lowest BCUT2D eigenvalue weighted by atomic mass is 9.90. The molecule has 2 aliphatic heterocycles. The Morgan fingerprint density at radius 1 is 1.00 bits per heavy atom. The van der Waals surface area contributed by atoms with Crippen molar-refractivity contribution in [3.8, 4) is 6.01 Å². The minimum Gasteiger partial charge on any atom is -0.463 e. The van der Waals surface area contributed by atoms with Gasteiger partial charge in [-0.05, 0) is 31.7 Å². The van der Waals surface area contributed by atoms with Crippen molar-refractivity contribution in [3.63, 3.8) is 0 Å². The van der Waals surface area contributed by atoms with E-state index in [2.05, 4.69) is 15.5 Å². The molecule has 2 N–H and O–H groups in total. The van der Waals surface area contributed by atoms with Gasteiger partial charge in [0.2, 0.25) is 0 Å². The zero-order valence-electron chi connectivity index (χ0n) is 14.5. The van der Waals surface area contributed by atoms with Gasteiger partial charge in [-0.15, -0.1) is 0 Å². The molecule has 2 fully saturated rings. The summed E-state index contributed by atoms with van der Waals surface area (Å²) in [4.78, 5) is 11.9. The van der Waals surface area contributed by atoms with Crippen molar-refractivity contribution < 1.29 is 4.74 Å². The summed E-state index contributed by atoms with van der Waals surface area (Å²) in [6.45, 7) is 6.68. The normalized spacial score (nSPS) is 22.2. The van der Waals surface area contributed by atoms with E-state index in [1.807, 2.05) is 0 Å². The minimum atomic E-state index is 0.580. The molecular weight excluding hydrogens is 302 g/mol. The van der Waals surface area contributed by atoms with Crippen LogP contribution in [0.5, 0.6) is 6.01 Å². The van der Waals surface area contributed by atoms with Crippen LogP contribution in [0, 0.1) is 5.92 Å². The number of fused-ring (bicyclic) bond motifs is 1. The molecule has 0 atom stereocenters. The van der Waals surface area contributed by atoms with Crippen LogP contribution in [0.2, 0.25) is 0 Å². The monoisotopic (exact) mass is 331 g/mol. The molecule has 0 amide bonds. The molecule has 0 aromatic carbocycles. The van der Waals surface area contributed by atoms with Crippen LogP contribution in [0.4, 0.5) is 5.82 Å². The van der Waals surface area contributed by atoms with Gasteiger partial charge in [0, 0.05) is 38.3 Å². The highest BCUT2D eigenvalue weighted by atomic mass is 16.5. The lowest BCUT2D eigenvalue weighted by molar-refractivity contribution is 0.195. The van der Waals surface area contributed by atoms with Gasteiger partial charge in [0.1, 0.15) is 5.82 Å². The molecule has 3 aliphatic rings. The summed E-state index contributed by atoms with van der Waals surface area (Å²) >= 11 is 0. The van der Waals surface area contributed by atoms with E-state index in [1.54, 1.807) is 0 Å². The maximum Gasteiger partial charge on any atom is 0.318 e. The number of rotatable bonds is 4. The predicted octanol–water partition coefficient (Wildman–Crippen LogP) is 1.49. The molecule has 4 rings (SSSR count). The maximum absolute atomic E-state index is 6.05. The first-order valence-corrected chi connectivity index (χ1v) is 9.59. The summed E-state index contributed by atoms with van der Waals surface area (Å²) in [7, 11) is 0. The van der Waals surface area contributed by atoms with E-state index in [1.165, 1.54) is 37.7 Å². The molecule has 0 spiro atoms. The summed E-state index contributed by atoms with van der Waals surface area (Å²) in [6, 6.07) is 0.580. The molecule has 0 radical (unpaired) electrons. The van der Waals surface area contributed by atoms with E-state index >= 15 is 0 Å². The predicted molar refractivity (Wildman–Crippen MR) is 94.6 cm³/mol. The number of ether oxygens (including phenoxy) is 1. The van der Waals surface area contributed by atoms with Crippen LogP contribution in [-0.4, -0.2) is 49.3 Å². The lowest BCUT2D eigenvalue weighted by Gasteiger charge is -2.32. The Morgan fingerprint density at radius 2 is 1.83 bits per heavy atom. The van der Waals surface area contributed by atoms with Crippen LogP contribution in [0.25, 0.3) is 0 Å². The number of hydrogen-bond donors (Lipinski definition) is 2. The molecule has 1 aromatic heterocycles. The van der Waals surface area contributed by atoms with Crippen LogP contribution in [0.15, 0.2) is 0 Å². The first-order valence-electron chi connectivity index (χ1n) is 9.59. The summed E-state index contributed by atoms with van der Waals surface area (Å²) in [6.07, 6.45) is 7.65. The fourth-order valence-electron chi connectivity index (χ4n) is 4.07. The zero-order chi connectivity index (χ0) is 16.2. The third-order valence-corrected chi connectivity index (χ3v) is 5.48. The Labute approximate surface area is 144 Å². The van der Waals surface area contributed by atoms with Crippen molar-refractivity contribution >= 4 is 5.82 Å². The van der Waals surface area contributed by atoms with E-state index in [-0.39, 0.29) is 0 Å². The Morgan fingerprint density at radius 3 is 2.67 bits per heavy atom. The zero-order valence-corrected chi connectivity index (χ0v) is 14.5. The molecule has 1 saturated heterocycles. The van der Waals surface area contributed by atoms with Crippen LogP contribution in [0.3, 0.4) is 0 Å². The number of anilines is 1. The van der Waals surface area contributed by atoms with Crippen LogP contribution in [0.1, 0.15) is 43.4 Å². The van der Waals surface area contributed by atoms with Gasteiger partial charge < -0.3 is 20.3 Å². The van der Waals surface area contributed by atoms with Crippen molar-refractivity contribution in [1.29, 1.82) is 0 Å². The third-order valence-electron chi connectivity index (χ3n) is 5.48. The molecule has 6 nitrogen and oxygen atoms in total. The Balaban J connectivity index is 1.52. The molecule has 6 heteroatoms. The fourth-order valence-corrected chi connectivity index (χ4v) is 4.07. The second-order valence-corrected chi connectivity index (χ2v) is 7.23. The Kier molecular flexibility index (Phi) is 5.13. The molecule has 0 unspecified atom stereocenters. The molecule has 1 aromatic rings. The van der Waals surface area contributed by atoms with E-state index in [9.17, 15) is 0 Å². The van der Waals surface area contributed by atoms with Gasteiger partial charge in [-0.25, -0.2) is 0 Å². The first-order chi connectivity index (χ1) is 11.9. The van der Waals surface area contributed by atoms with Gasteiger partial charge in [0.05, 0.1) is 12.3 Å². The molecule has 1 aliphatic carbocycles. The fraction of sp³-hybridized carbons (Fsp3) is 0.778. The SMILES string of the molecule is C1CCC(COc2nc3c(c(N4CCNCC4)n2)CCNC3)CC1. The topological polar surface area (TPSA) is 62.3 Å². The van der Waals surface area contributed by atoms with E-state index in [4.69, 9.17) is 14.7 Å². The van der Waals surface area contributed by atoms with Crippen LogP contribution < -0.4 is 20.3 Å². The third kappa shape index (κ3) is 3.64. The van der Waals surface area contributed by atoms with Crippen molar-refractivity contribution in [2.75, 3.05) is 44.2 Å². The number of nitrogens with one attached hydrogen (secondary N) is 2. The van der Waals surface area contributed by atoms with Crippen LogP contribution >= 0.6 is 0 Å². The van der Waals surface area contributed by atoms with E-state index < -0.39 is 0 Å². The highest BCUT2D eigenvalue weighted by Crippen LogP contribution is 2.28. The average Bonchev–Trinajstić information content (AvgIpc) is 2.67. The van der Waals surface area contributed by atoms with Crippen molar-refractivity contribution in [2.24, 2.45) is 5.92 Å². The molecular formula is C18H29N5O. The summed E-state index contributed by atoms with van der Waals surface area (Å²) in [5.41, 5.74) is 2.45. The summed E-state index contributed by atoms with van der Waals surface area (Å²) in [5.74, 6) is 1.79. The first kappa shape index (κ1) is 16.1. The van der Waals surface area contributed by atoms with Gasteiger partial charge in [0.25, 0.3) is 0 Å². The van der Waals surface area contributed by atoms with E-state index in [0.717, 1.165) is 63.8 Å². The second kappa shape index (κ2) is 7.66. The second-order valence-electron chi connectivity index (χ2n) is 7.23. The highest BCUT2D eigenvalue weighted by Gasteiger charge is 2.23. The van der Waals surface area contributed by atoms with Crippen molar-refractivity contribution in [2.45, 2.75) is 45.1 Å². The minimum absolute atomic E-state index is 0.580. The standard InChI is InChI=1S/C18H29N5O/c1-2-4-14(5-3-1)13-24-18-21-16-12-20-7-6-15(16)17(22-18)23-10-8-19-9-11-23/h14,19-20H,1-13H2. The molecule has 132 valence electrons. The number of piperazine rings is 1. The van der Waals surface area contributed by atoms with Gasteiger partial charge in [0.15, 0.2) is 0 Å². The maximum atomic E-state index is 6.05. The quantitative estimate of drug-likeness (QED) is 0.872. The van der Waals surface area contributed by atoms with E-state index in [0.29, 0.717) is 11.9 Å². The van der Waals surface area contributed by atoms with Crippen molar-refractivity contribution in [3.05, 3.63) is 11.3 Å². The van der Waals surface area contributed by atoms with Crippen molar-refractivity contribution in [1.82, 2.24) is 20.6 Å². The van der Waals surface area contributed by atoms with Gasteiger partial charge in [-0.3, -0.25) is 0 Å². The van der Waals surface area contributed by atoms with Crippen LogP contribution in [-0.2, 0) is 13.0 Å². The number of aromatic nitrogens is 2. The Bertz CT molecular complexity index is 553. The molecule has 3 heterocycles. The number of hydrogen-bond acceptors (Lipinski definition) is 6. The molecule has 0 bridgehead atoms. The van der Waals surface area contributed by atoms with Gasteiger partial charge in [-0.1, -0.05) is 19.3 Å². The smallest absolute Gasteiger partial charge is 0.318 e. The summed E-state index contributed by atoms with van der Waals surface area (Å²) in [5, 5.41) is 6.85.